The summed E-state index contributed by atoms with van der Waals surface area (Å²) in [5, 5.41) is 1.07. The summed E-state index contributed by atoms with van der Waals surface area (Å²) in [4.78, 5) is 17.8. The number of fused-ring (bicyclic) bond motifs is 1. The van der Waals surface area contributed by atoms with Gasteiger partial charge in [0.15, 0.2) is 0 Å². The second-order valence-corrected chi connectivity index (χ2v) is 5.75. The van der Waals surface area contributed by atoms with Crippen LogP contribution >= 0.6 is 0 Å². The molecule has 1 amide bonds. The van der Waals surface area contributed by atoms with Crippen LogP contribution in [0.4, 0.5) is 0 Å². The molecule has 114 valence electrons. The van der Waals surface area contributed by atoms with Gasteiger partial charge in [-0.15, -0.1) is 6.42 Å². The molecule has 1 atom stereocenters. The van der Waals surface area contributed by atoms with E-state index in [-0.39, 0.29) is 5.91 Å². The molecule has 1 fully saturated rings. The molecular formula is C18H20N2O2. The van der Waals surface area contributed by atoms with Crippen LogP contribution in [0.15, 0.2) is 30.3 Å². The monoisotopic (exact) mass is 296 g/mol. The number of rotatable bonds is 4. The Hall–Kier alpha value is -2.25. The van der Waals surface area contributed by atoms with Crippen molar-refractivity contribution in [2.75, 3.05) is 26.3 Å². The lowest BCUT2D eigenvalue weighted by molar-refractivity contribution is 0.0530. The van der Waals surface area contributed by atoms with E-state index in [0.717, 1.165) is 36.8 Å². The van der Waals surface area contributed by atoms with Gasteiger partial charge in [0, 0.05) is 29.9 Å². The van der Waals surface area contributed by atoms with E-state index in [2.05, 4.69) is 10.9 Å². The van der Waals surface area contributed by atoms with Gasteiger partial charge in [0.1, 0.15) is 12.3 Å². The lowest BCUT2D eigenvalue weighted by Crippen LogP contribution is -2.41. The quantitative estimate of drug-likeness (QED) is 0.696. The third-order valence-corrected chi connectivity index (χ3v) is 4.11. The first-order chi connectivity index (χ1) is 10.8. The maximum Gasteiger partial charge on any atom is 0.270 e. The van der Waals surface area contributed by atoms with Crippen molar-refractivity contribution in [3.05, 3.63) is 36.0 Å². The maximum atomic E-state index is 12.7. The number of para-hydroxylation sites is 1. The van der Waals surface area contributed by atoms with E-state index in [9.17, 15) is 4.79 Å². The molecule has 0 radical (unpaired) electrons. The largest absolute Gasteiger partial charge is 0.368 e. The highest BCUT2D eigenvalue weighted by molar-refractivity contribution is 5.98. The van der Waals surface area contributed by atoms with E-state index in [1.807, 2.05) is 35.2 Å². The van der Waals surface area contributed by atoms with Crippen LogP contribution in [0.5, 0.6) is 0 Å². The Morgan fingerprint density at radius 3 is 3.14 bits per heavy atom. The van der Waals surface area contributed by atoms with Gasteiger partial charge in [0.25, 0.3) is 5.91 Å². The number of hydrogen-bond acceptors (Lipinski definition) is 2. The number of amides is 1. The molecule has 1 aromatic carbocycles. The Kier molecular flexibility index (Phi) is 4.45. The van der Waals surface area contributed by atoms with Crippen molar-refractivity contribution >= 4 is 16.8 Å². The minimum atomic E-state index is 0.0675. The summed E-state index contributed by atoms with van der Waals surface area (Å²) in [6, 6.07) is 9.86. The fourth-order valence-electron chi connectivity index (χ4n) is 3.03. The lowest BCUT2D eigenvalue weighted by Gasteiger charge is -2.32. The Morgan fingerprint density at radius 2 is 2.32 bits per heavy atom. The average molecular weight is 296 g/mol. The summed E-state index contributed by atoms with van der Waals surface area (Å²) in [5.74, 6) is 2.91. The average Bonchev–Trinajstić information content (AvgIpc) is 2.99. The second kappa shape index (κ2) is 6.67. The number of nitrogens with one attached hydrogen (secondary N) is 1. The van der Waals surface area contributed by atoms with Crippen LogP contribution in [0.2, 0.25) is 0 Å². The number of carbonyl (C=O) groups excluding carboxylic acids is 1. The molecule has 1 aromatic heterocycles. The molecule has 1 aliphatic heterocycles. The van der Waals surface area contributed by atoms with E-state index in [0.29, 0.717) is 24.8 Å². The van der Waals surface area contributed by atoms with E-state index in [1.54, 1.807) is 0 Å². The van der Waals surface area contributed by atoms with Gasteiger partial charge in [0.05, 0.1) is 6.61 Å². The van der Waals surface area contributed by atoms with Crippen LogP contribution in [0.3, 0.4) is 0 Å². The minimum Gasteiger partial charge on any atom is -0.368 e. The highest BCUT2D eigenvalue weighted by Crippen LogP contribution is 2.21. The van der Waals surface area contributed by atoms with Gasteiger partial charge in [0.2, 0.25) is 0 Å². The maximum absolute atomic E-state index is 12.7. The Bertz CT molecular complexity index is 665. The zero-order valence-corrected chi connectivity index (χ0v) is 12.5. The normalized spacial score (nSPS) is 18.3. The van der Waals surface area contributed by atoms with Crippen molar-refractivity contribution in [1.29, 1.82) is 0 Å². The van der Waals surface area contributed by atoms with E-state index in [4.69, 9.17) is 11.2 Å². The Labute approximate surface area is 130 Å². The molecule has 22 heavy (non-hydrogen) atoms. The van der Waals surface area contributed by atoms with Crippen molar-refractivity contribution < 1.29 is 9.53 Å². The van der Waals surface area contributed by atoms with Crippen LogP contribution in [0.25, 0.3) is 10.9 Å². The molecule has 2 heterocycles. The fourth-order valence-corrected chi connectivity index (χ4v) is 3.03. The van der Waals surface area contributed by atoms with Crippen LogP contribution < -0.4 is 0 Å². The molecule has 2 aromatic rings. The van der Waals surface area contributed by atoms with Gasteiger partial charge in [-0.1, -0.05) is 24.1 Å². The number of likely N-dealkylation sites (tertiary alicyclic amines) is 1. The highest BCUT2D eigenvalue weighted by atomic mass is 16.5. The number of nitrogens with zero attached hydrogens (tertiary/aromatic N) is 1. The zero-order valence-electron chi connectivity index (χ0n) is 12.5. The number of H-pyrrole nitrogens is 1. The molecule has 1 saturated heterocycles. The molecule has 0 saturated carbocycles. The molecule has 4 nitrogen and oxygen atoms in total. The van der Waals surface area contributed by atoms with Gasteiger partial charge in [-0.3, -0.25) is 4.79 Å². The number of piperidine rings is 1. The molecule has 3 rings (SSSR count). The smallest absolute Gasteiger partial charge is 0.270 e. The van der Waals surface area contributed by atoms with Crippen LogP contribution in [-0.4, -0.2) is 42.1 Å². The molecule has 0 unspecified atom stereocenters. The third-order valence-electron chi connectivity index (χ3n) is 4.11. The van der Waals surface area contributed by atoms with E-state index >= 15 is 0 Å². The second-order valence-electron chi connectivity index (χ2n) is 5.75. The summed E-state index contributed by atoms with van der Waals surface area (Å²) < 4.78 is 5.42. The zero-order chi connectivity index (χ0) is 15.4. The fraction of sp³-hybridized carbons (Fsp3) is 0.389. The van der Waals surface area contributed by atoms with E-state index in [1.165, 1.54) is 0 Å². The summed E-state index contributed by atoms with van der Waals surface area (Å²) in [6.45, 7) is 2.51. The standard InChI is InChI=1S/C18H20N2O2/c1-2-10-22-13-14-6-5-9-20(12-14)18(21)17-11-15-7-3-4-8-16(15)19-17/h1,3-4,7-8,11,14,19H,5-6,9-10,12-13H2/t14-/m1/s1. The van der Waals surface area contributed by atoms with Crippen molar-refractivity contribution in [2.24, 2.45) is 5.92 Å². The van der Waals surface area contributed by atoms with Crippen molar-refractivity contribution in [3.63, 3.8) is 0 Å². The minimum absolute atomic E-state index is 0.0675. The van der Waals surface area contributed by atoms with Gasteiger partial charge < -0.3 is 14.6 Å². The SMILES string of the molecule is C#CCOC[C@@H]1CCCN(C(=O)c2cc3ccccc3[nH]2)C1. The van der Waals surface area contributed by atoms with Crippen molar-refractivity contribution in [3.8, 4) is 12.3 Å². The van der Waals surface area contributed by atoms with Gasteiger partial charge in [-0.2, -0.15) is 0 Å². The molecule has 0 aliphatic carbocycles. The van der Waals surface area contributed by atoms with E-state index < -0.39 is 0 Å². The van der Waals surface area contributed by atoms with Crippen LogP contribution in [0, 0.1) is 18.3 Å². The number of carbonyl (C=O) groups is 1. The topological polar surface area (TPSA) is 45.3 Å². The predicted molar refractivity (Wildman–Crippen MR) is 86.6 cm³/mol. The molecule has 1 N–H and O–H groups in total. The number of benzene rings is 1. The van der Waals surface area contributed by atoms with Gasteiger partial charge in [-0.05, 0) is 25.0 Å². The highest BCUT2D eigenvalue weighted by Gasteiger charge is 2.25. The van der Waals surface area contributed by atoms with Crippen LogP contribution in [-0.2, 0) is 4.74 Å². The lowest BCUT2D eigenvalue weighted by atomic mass is 9.98. The summed E-state index contributed by atoms with van der Waals surface area (Å²) in [5.41, 5.74) is 1.66. The number of terminal acetylenes is 1. The van der Waals surface area contributed by atoms with Gasteiger partial charge >= 0.3 is 0 Å². The molecular weight excluding hydrogens is 276 g/mol. The summed E-state index contributed by atoms with van der Waals surface area (Å²) in [7, 11) is 0. The number of aromatic nitrogens is 1. The van der Waals surface area contributed by atoms with Crippen LogP contribution in [0.1, 0.15) is 23.3 Å². The third kappa shape index (κ3) is 3.15. The molecule has 0 spiro atoms. The predicted octanol–water partition coefficient (Wildman–Crippen LogP) is 2.67. The molecule has 1 aliphatic rings. The first-order valence-corrected chi connectivity index (χ1v) is 7.66. The first kappa shape index (κ1) is 14.7. The number of ether oxygens (including phenoxy) is 1. The molecule has 0 bridgehead atoms. The molecule has 4 heteroatoms. The summed E-state index contributed by atoms with van der Waals surface area (Å²) >= 11 is 0. The Morgan fingerprint density at radius 1 is 1.45 bits per heavy atom. The summed E-state index contributed by atoms with van der Waals surface area (Å²) in [6.07, 6.45) is 7.28. The first-order valence-electron chi connectivity index (χ1n) is 7.66. The Balaban J connectivity index is 1.67. The number of aromatic amines is 1. The van der Waals surface area contributed by atoms with Crippen molar-refractivity contribution in [1.82, 2.24) is 9.88 Å². The number of hydrogen-bond donors (Lipinski definition) is 1. The van der Waals surface area contributed by atoms with Gasteiger partial charge in [-0.25, -0.2) is 0 Å². The van der Waals surface area contributed by atoms with Crippen molar-refractivity contribution in [2.45, 2.75) is 12.8 Å².